The van der Waals surface area contributed by atoms with Crippen molar-refractivity contribution in [3.05, 3.63) is 47.0 Å². The van der Waals surface area contributed by atoms with Crippen molar-refractivity contribution in [2.75, 3.05) is 39.8 Å². The van der Waals surface area contributed by atoms with E-state index in [9.17, 15) is 9.59 Å². The Morgan fingerprint density at radius 1 is 1.26 bits per heavy atom. The lowest BCUT2D eigenvalue weighted by Crippen LogP contribution is -2.46. The molecule has 2 aliphatic heterocycles. The van der Waals surface area contributed by atoms with Gasteiger partial charge in [-0.25, -0.2) is 4.98 Å². The Kier molecular flexibility index (Phi) is 4.81. The third kappa shape index (κ3) is 3.40. The molecule has 142 valence electrons. The molecule has 0 aliphatic carbocycles. The van der Waals surface area contributed by atoms with E-state index in [1.54, 1.807) is 12.0 Å². The molecule has 2 aliphatic rings. The molecule has 1 saturated heterocycles. The molecule has 2 amide bonds. The quantitative estimate of drug-likeness (QED) is 0.733. The largest absolute Gasteiger partial charge is 0.496 e. The van der Waals surface area contributed by atoms with Gasteiger partial charge in [0.15, 0.2) is 5.82 Å². The van der Waals surface area contributed by atoms with Crippen LogP contribution < -0.4 is 15.4 Å². The van der Waals surface area contributed by atoms with Gasteiger partial charge in [-0.2, -0.15) is 0 Å². The molecule has 0 bridgehead atoms. The summed E-state index contributed by atoms with van der Waals surface area (Å²) >= 11 is 0. The molecule has 0 spiro atoms. The summed E-state index contributed by atoms with van der Waals surface area (Å²) in [5, 5.41) is 6.14. The molecule has 1 atom stereocenters. The number of para-hydroxylation sites is 1. The highest BCUT2D eigenvalue weighted by atomic mass is 16.5. The van der Waals surface area contributed by atoms with Gasteiger partial charge >= 0.3 is 0 Å². The second-order valence-corrected chi connectivity index (χ2v) is 6.81. The number of imidazole rings is 1. The number of amides is 2. The van der Waals surface area contributed by atoms with E-state index in [-0.39, 0.29) is 23.6 Å². The van der Waals surface area contributed by atoms with E-state index in [2.05, 4.69) is 20.6 Å². The fourth-order valence-corrected chi connectivity index (χ4v) is 3.71. The van der Waals surface area contributed by atoms with Gasteiger partial charge in [-0.05, 0) is 18.1 Å². The van der Waals surface area contributed by atoms with E-state index in [0.29, 0.717) is 37.4 Å². The van der Waals surface area contributed by atoms with Gasteiger partial charge in [0.2, 0.25) is 0 Å². The molecule has 4 rings (SSSR count). The van der Waals surface area contributed by atoms with Crippen molar-refractivity contribution in [1.82, 2.24) is 25.5 Å². The van der Waals surface area contributed by atoms with Gasteiger partial charge in [-0.15, -0.1) is 0 Å². The number of nitrogens with zero attached hydrogens (tertiary/aromatic N) is 2. The number of aromatic nitrogens is 2. The number of H-pyrrole nitrogens is 1. The van der Waals surface area contributed by atoms with Crippen LogP contribution in [0.4, 0.5) is 0 Å². The van der Waals surface area contributed by atoms with Crippen LogP contribution in [-0.2, 0) is 6.42 Å². The summed E-state index contributed by atoms with van der Waals surface area (Å²) in [5.74, 6) is 0.646. The van der Waals surface area contributed by atoms with Gasteiger partial charge in [0, 0.05) is 44.3 Å². The maximum atomic E-state index is 12.7. The number of benzene rings is 1. The highest BCUT2D eigenvalue weighted by Crippen LogP contribution is 2.30. The summed E-state index contributed by atoms with van der Waals surface area (Å²) in [6.07, 6.45) is 0.580. The number of rotatable bonds is 3. The first-order valence-electron chi connectivity index (χ1n) is 9.17. The van der Waals surface area contributed by atoms with E-state index in [1.807, 2.05) is 24.3 Å². The zero-order valence-corrected chi connectivity index (χ0v) is 15.2. The first kappa shape index (κ1) is 17.5. The number of nitrogens with one attached hydrogen (secondary N) is 3. The smallest absolute Gasteiger partial charge is 0.289 e. The number of carbonyl (C=O) groups excluding carboxylic acids is 2. The monoisotopic (exact) mass is 369 g/mol. The second-order valence-electron chi connectivity index (χ2n) is 6.81. The van der Waals surface area contributed by atoms with Crippen LogP contribution in [0, 0.1) is 0 Å². The summed E-state index contributed by atoms with van der Waals surface area (Å²) in [6, 6.07) is 7.79. The summed E-state index contributed by atoms with van der Waals surface area (Å²) in [7, 11) is 1.64. The Morgan fingerprint density at radius 2 is 2.04 bits per heavy atom. The Balaban J connectivity index is 1.62. The topological polar surface area (TPSA) is 99.3 Å². The molecule has 8 nitrogen and oxygen atoms in total. The fourth-order valence-electron chi connectivity index (χ4n) is 3.71. The van der Waals surface area contributed by atoms with Crippen molar-refractivity contribution >= 4 is 11.8 Å². The normalized spacial score (nSPS) is 19.8. The maximum Gasteiger partial charge on any atom is 0.289 e. The van der Waals surface area contributed by atoms with Gasteiger partial charge < -0.3 is 25.3 Å². The van der Waals surface area contributed by atoms with Crippen LogP contribution in [0.3, 0.4) is 0 Å². The number of hydrogen-bond donors (Lipinski definition) is 3. The number of aromatic amines is 1. The van der Waals surface area contributed by atoms with Crippen molar-refractivity contribution in [3.8, 4) is 5.75 Å². The minimum absolute atomic E-state index is 0.0361. The number of ether oxygens (including phenoxy) is 1. The summed E-state index contributed by atoms with van der Waals surface area (Å²) in [5.41, 5.74) is 2.03. The average molecular weight is 369 g/mol. The zero-order valence-electron chi connectivity index (χ0n) is 15.2. The maximum absolute atomic E-state index is 12.7. The molecule has 1 aromatic carbocycles. The number of hydrogen-bond acceptors (Lipinski definition) is 5. The molecule has 3 N–H and O–H groups in total. The van der Waals surface area contributed by atoms with Crippen molar-refractivity contribution < 1.29 is 14.3 Å². The van der Waals surface area contributed by atoms with Gasteiger partial charge in [0.1, 0.15) is 11.4 Å². The molecule has 1 aromatic heterocycles. The van der Waals surface area contributed by atoms with E-state index in [4.69, 9.17) is 4.74 Å². The summed E-state index contributed by atoms with van der Waals surface area (Å²) < 4.78 is 5.47. The number of methoxy groups -OCH3 is 1. The molecular formula is C19H23N5O3. The standard InChI is InChI=1S/C19H23N5O3/c1-27-15-5-3-2-4-13(15)12-10-14-16(18(25)21-11-12)23-17(22-14)19(26)24-8-6-20-7-9-24/h2-5,12,20H,6-11H2,1H3,(H,21,25)(H,22,23). The average Bonchev–Trinajstić information content (AvgIpc) is 3.08. The minimum atomic E-state index is -0.252. The molecule has 1 fully saturated rings. The first-order chi connectivity index (χ1) is 13.2. The Hall–Kier alpha value is -2.87. The van der Waals surface area contributed by atoms with Crippen LogP contribution in [0.1, 0.15) is 38.3 Å². The highest BCUT2D eigenvalue weighted by Gasteiger charge is 2.30. The van der Waals surface area contributed by atoms with Gasteiger partial charge in [-0.1, -0.05) is 18.2 Å². The second kappa shape index (κ2) is 7.40. The van der Waals surface area contributed by atoms with E-state index < -0.39 is 0 Å². The van der Waals surface area contributed by atoms with Gasteiger partial charge in [-0.3, -0.25) is 9.59 Å². The first-order valence-corrected chi connectivity index (χ1v) is 9.17. The lowest BCUT2D eigenvalue weighted by molar-refractivity contribution is 0.0724. The number of fused-ring (bicyclic) bond motifs is 1. The fraction of sp³-hybridized carbons (Fsp3) is 0.421. The Bertz CT molecular complexity index is 857. The van der Waals surface area contributed by atoms with Crippen LogP contribution >= 0.6 is 0 Å². The predicted octanol–water partition coefficient (Wildman–Crippen LogP) is 0.533. The molecule has 0 saturated carbocycles. The molecule has 1 unspecified atom stereocenters. The van der Waals surface area contributed by atoms with Crippen molar-refractivity contribution in [2.45, 2.75) is 12.3 Å². The van der Waals surface area contributed by atoms with E-state index >= 15 is 0 Å². The van der Waals surface area contributed by atoms with Crippen molar-refractivity contribution in [2.24, 2.45) is 0 Å². The van der Waals surface area contributed by atoms with Crippen molar-refractivity contribution in [3.63, 3.8) is 0 Å². The predicted molar refractivity (Wildman–Crippen MR) is 99.1 cm³/mol. The van der Waals surface area contributed by atoms with Gasteiger partial charge in [0.25, 0.3) is 11.8 Å². The Labute approximate surface area is 157 Å². The third-order valence-corrected chi connectivity index (χ3v) is 5.14. The van der Waals surface area contributed by atoms with Gasteiger partial charge in [0.05, 0.1) is 7.11 Å². The summed E-state index contributed by atoms with van der Waals surface area (Å²) in [4.78, 5) is 34.4. The minimum Gasteiger partial charge on any atom is -0.496 e. The lowest BCUT2D eigenvalue weighted by Gasteiger charge is -2.26. The molecule has 2 aromatic rings. The zero-order chi connectivity index (χ0) is 18.8. The molecule has 27 heavy (non-hydrogen) atoms. The molecule has 0 radical (unpaired) electrons. The van der Waals surface area contributed by atoms with E-state index in [0.717, 1.165) is 24.4 Å². The van der Waals surface area contributed by atoms with Crippen LogP contribution in [-0.4, -0.2) is 66.5 Å². The van der Waals surface area contributed by atoms with Crippen LogP contribution in [0.15, 0.2) is 24.3 Å². The number of carbonyl (C=O) groups is 2. The SMILES string of the molecule is COc1ccccc1C1CNC(=O)c2nc(C(=O)N3CCNCC3)[nH]c2C1. The Morgan fingerprint density at radius 3 is 2.81 bits per heavy atom. The lowest BCUT2D eigenvalue weighted by atomic mass is 9.93. The van der Waals surface area contributed by atoms with Crippen molar-refractivity contribution in [1.29, 1.82) is 0 Å². The highest BCUT2D eigenvalue weighted by molar-refractivity contribution is 5.97. The van der Waals surface area contributed by atoms with Crippen LogP contribution in [0.5, 0.6) is 5.75 Å². The van der Waals surface area contributed by atoms with Crippen LogP contribution in [0.2, 0.25) is 0 Å². The van der Waals surface area contributed by atoms with E-state index in [1.165, 1.54) is 0 Å². The van der Waals surface area contributed by atoms with Crippen LogP contribution in [0.25, 0.3) is 0 Å². The number of piperazine rings is 1. The third-order valence-electron chi connectivity index (χ3n) is 5.14. The molecule has 8 heteroatoms. The molecular weight excluding hydrogens is 346 g/mol. The molecule has 3 heterocycles. The summed E-state index contributed by atoms with van der Waals surface area (Å²) in [6.45, 7) is 3.30.